The number of likely N-dealkylation sites (tertiary alicyclic amines) is 1. The van der Waals surface area contributed by atoms with Crippen LogP contribution in [0.1, 0.15) is 31.3 Å². The maximum Gasteiger partial charge on any atom is 0.410 e. The second kappa shape index (κ2) is 11.2. The van der Waals surface area contributed by atoms with E-state index in [0.717, 1.165) is 16.8 Å². The van der Waals surface area contributed by atoms with Gasteiger partial charge in [0.05, 0.1) is 16.7 Å². The fourth-order valence-electron chi connectivity index (χ4n) is 4.18. The normalized spacial score (nSPS) is 13.3. The fourth-order valence-corrected chi connectivity index (χ4v) is 4.18. The Labute approximate surface area is 233 Å². The Bertz CT molecular complexity index is 1500. The third kappa shape index (κ3) is 6.26. The predicted molar refractivity (Wildman–Crippen MR) is 144 cm³/mol. The van der Waals surface area contributed by atoms with Gasteiger partial charge in [-0.2, -0.15) is 0 Å². The number of carbonyl (C=O) groups excluding carboxylic acids is 2. The Morgan fingerprint density at radius 3 is 2.41 bits per heavy atom. The van der Waals surface area contributed by atoms with Gasteiger partial charge in [0.1, 0.15) is 17.2 Å². The van der Waals surface area contributed by atoms with Gasteiger partial charge in [0, 0.05) is 25.7 Å². The van der Waals surface area contributed by atoms with Crippen LogP contribution in [0.5, 0.6) is 11.5 Å². The van der Waals surface area contributed by atoms with E-state index in [2.05, 4.69) is 11.7 Å². The van der Waals surface area contributed by atoms with Crippen LogP contribution in [0, 0.1) is 21.7 Å². The molecule has 0 atom stereocenters. The molecule has 1 aromatic heterocycles. The van der Waals surface area contributed by atoms with Gasteiger partial charge in [-0.15, -0.1) is 11.7 Å². The highest BCUT2D eigenvalue weighted by Crippen LogP contribution is 2.36. The summed E-state index contributed by atoms with van der Waals surface area (Å²) in [7, 11) is 0. The zero-order valence-corrected chi connectivity index (χ0v) is 22.5. The predicted octanol–water partition coefficient (Wildman–Crippen LogP) is 4.56. The Kier molecular flexibility index (Phi) is 7.94. The zero-order valence-electron chi connectivity index (χ0n) is 22.5. The molecule has 1 aliphatic heterocycles. The molecule has 1 fully saturated rings. The van der Waals surface area contributed by atoms with E-state index in [0.29, 0.717) is 6.07 Å². The lowest BCUT2D eigenvalue weighted by Crippen LogP contribution is -2.62. The lowest BCUT2D eigenvalue weighted by Gasteiger charge is -2.44. The Morgan fingerprint density at radius 2 is 1.88 bits per heavy atom. The van der Waals surface area contributed by atoms with Crippen molar-refractivity contribution >= 4 is 23.5 Å². The summed E-state index contributed by atoms with van der Waals surface area (Å²) in [5.41, 5.74) is 4.03. The minimum atomic E-state index is -1.09. The minimum absolute atomic E-state index is 0.124. The summed E-state index contributed by atoms with van der Waals surface area (Å²) in [6.45, 7) is 9.47. The lowest BCUT2D eigenvalue weighted by atomic mass is 10.1. The zero-order chi connectivity index (χ0) is 30.1. The van der Waals surface area contributed by atoms with Crippen LogP contribution in [0.2, 0.25) is 0 Å². The van der Waals surface area contributed by atoms with Crippen molar-refractivity contribution in [2.24, 2.45) is 5.73 Å². The van der Waals surface area contributed by atoms with E-state index in [1.54, 1.807) is 25.7 Å². The number of halogens is 2. The quantitative estimate of drug-likeness (QED) is 0.224. The molecule has 2 amide bonds. The molecule has 1 aliphatic rings. The molecule has 0 bridgehead atoms. The summed E-state index contributed by atoms with van der Waals surface area (Å²) in [4.78, 5) is 39.4. The highest BCUT2D eigenvalue weighted by molar-refractivity contribution is 5.98. The molecule has 4 rings (SSSR count). The third-order valence-corrected chi connectivity index (χ3v) is 6.01. The fraction of sp³-hybridized carbons (Fsp3) is 0.296. The standard InChI is InChI=1S/C27H28F2N6O6/c1-5-12-33(18-14-32(15-18)26(37)41-27(2,3)4)25-23(35(38)39)22(24(30)36)34(31-25)17-7-9-19(10-8-17)40-21-11-6-16(28)13-20(21)29/h5-11,13,18H,1,12,14-15H2,2-4H3,(H2,30,36). The number of primary amides is 1. The van der Waals surface area contributed by atoms with Crippen LogP contribution in [0.3, 0.4) is 0 Å². The summed E-state index contributed by atoms with van der Waals surface area (Å²) in [5.74, 6) is -2.93. The molecule has 3 aromatic rings. The van der Waals surface area contributed by atoms with E-state index in [9.17, 15) is 28.5 Å². The van der Waals surface area contributed by atoms with Crippen molar-refractivity contribution in [2.45, 2.75) is 32.4 Å². The molecule has 12 nitrogen and oxygen atoms in total. The maximum atomic E-state index is 14.0. The van der Waals surface area contributed by atoms with Crippen LogP contribution < -0.4 is 15.4 Å². The SMILES string of the molecule is C=CCN(c1nn(-c2ccc(Oc3ccc(F)cc3F)cc2)c(C(N)=O)c1[N+](=O)[O-])C1CN(C(=O)OC(C)(C)C)C1. The molecule has 0 aliphatic carbocycles. The number of aromatic nitrogens is 2. The van der Waals surface area contributed by atoms with Crippen LogP contribution in [0.25, 0.3) is 5.69 Å². The molecule has 0 spiro atoms. The number of benzene rings is 2. The number of rotatable bonds is 9. The van der Waals surface area contributed by atoms with Gasteiger partial charge in [-0.25, -0.2) is 18.3 Å². The summed E-state index contributed by atoms with van der Waals surface area (Å²) < 4.78 is 39.1. The minimum Gasteiger partial charge on any atom is -0.454 e. The monoisotopic (exact) mass is 570 g/mol. The van der Waals surface area contributed by atoms with Crippen molar-refractivity contribution in [2.75, 3.05) is 24.5 Å². The van der Waals surface area contributed by atoms with Crippen molar-refractivity contribution in [1.82, 2.24) is 14.7 Å². The first kappa shape index (κ1) is 29.0. The van der Waals surface area contributed by atoms with E-state index in [1.807, 2.05) is 0 Å². The van der Waals surface area contributed by atoms with E-state index in [-0.39, 0.29) is 48.7 Å². The molecule has 0 saturated carbocycles. The first-order valence-electron chi connectivity index (χ1n) is 12.4. The van der Waals surface area contributed by atoms with E-state index < -0.39 is 45.5 Å². The van der Waals surface area contributed by atoms with Gasteiger partial charge < -0.3 is 25.0 Å². The summed E-state index contributed by atoms with van der Waals surface area (Å²) in [5, 5.41) is 16.6. The van der Waals surface area contributed by atoms with Gasteiger partial charge in [-0.1, -0.05) is 6.08 Å². The first-order valence-corrected chi connectivity index (χ1v) is 12.4. The molecule has 1 saturated heterocycles. The molecular formula is C27H28F2N6O6. The van der Waals surface area contributed by atoms with E-state index in [4.69, 9.17) is 15.2 Å². The molecule has 0 radical (unpaired) electrons. The van der Waals surface area contributed by atoms with Crippen molar-refractivity contribution in [1.29, 1.82) is 0 Å². The average molecular weight is 571 g/mol. The molecule has 216 valence electrons. The summed E-state index contributed by atoms with van der Waals surface area (Å²) >= 11 is 0. The molecule has 2 heterocycles. The van der Waals surface area contributed by atoms with Gasteiger partial charge in [0.25, 0.3) is 5.91 Å². The number of amides is 2. The number of hydrogen-bond acceptors (Lipinski definition) is 8. The van der Waals surface area contributed by atoms with Crippen molar-refractivity contribution in [3.05, 3.63) is 82.6 Å². The molecule has 0 unspecified atom stereocenters. The van der Waals surface area contributed by atoms with Crippen LogP contribution in [0.4, 0.5) is 25.1 Å². The molecule has 2 aromatic carbocycles. The molecule has 41 heavy (non-hydrogen) atoms. The van der Waals surface area contributed by atoms with Gasteiger partial charge in [-0.3, -0.25) is 14.9 Å². The van der Waals surface area contributed by atoms with Crippen LogP contribution in [-0.2, 0) is 4.74 Å². The molecule has 14 heteroatoms. The summed E-state index contributed by atoms with van der Waals surface area (Å²) in [6.07, 6.45) is 0.997. The van der Waals surface area contributed by atoms with Crippen molar-refractivity contribution < 1.29 is 32.8 Å². The number of ether oxygens (including phenoxy) is 2. The smallest absolute Gasteiger partial charge is 0.410 e. The van der Waals surface area contributed by atoms with E-state index >= 15 is 0 Å². The second-order valence-electron chi connectivity index (χ2n) is 10.2. The van der Waals surface area contributed by atoms with Crippen LogP contribution in [-0.4, -0.2) is 62.9 Å². The van der Waals surface area contributed by atoms with Gasteiger partial charge in [0.2, 0.25) is 11.5 Å². The van der Waals surface area contributed by atoms with Crippen molar-refractivity contribution in [3.63, 3.8) is 0 Å². The maximum absolute atomic E-state index is 14.0. The molecule has 2 N–H and O–H groups in total. The number of nitro groups is 1. The number of hydrogen-bond donors (Lipinski definition) is 1. The largest absolute Gasteiger partial charge is 0.454 e. The summed E-state index contributed by atoms with van der Waals surface area (Å²) in [6, 6.07) is 8.18. The number of carbonyl (C=O) groups is 2. The highest BCUT2D eigenvalue weighted by Gasteiger charge is 2.42. The number of nitrogens with two attached hydrogens (primary N) is 1. The number of nitrogens with zero attached hydrogens (tertiary/aromatic N) is 5. The van der Waals surface area contributed by atoms with Crippen molar-refractivity contribution in [3.8, 4) is 17.2 Å². The Hall–Kier alpha value is -5.01. The van der Waals surface area contributed by atoms with Crippen LogP contribution >= 0.6 is 0 Å². The average Bonchev–Trinajstić information content (AvgIpc) is 3.25. The first-order chi connectivity index (χ1) is 19.3. The highest BCUT2D eigenvalue weighted by atomic mass is 19.1. The third-order valence-electron chi connectivity index (χ3n) is 6.01. The lowest BCUT2D eigenvalue weighted by molar-refractivity contribution is -0.384. The van der Waals surface area contributed by atoms with Gasteiger partial charge in [0.15, 0.2) is 11.6 Å². The second-order valence-corrected chi connectivity index (χ2v) is 10.2. The number of anilines is 1. The van der Waals surface area contributed by atoms with Gasteiger partial charge >= 0.3 is 11.8 Å². The van der Waals surface area contributed by atoms with Crippen LogP contribution in [0.15, 0.2) is 55.1 Å². The van der Waals surface area contributed by atoms with E-state index in [1.165, 1.54) is 35.2 Å². The topological polar surface area (TPSA) is 146 Å². The van der Waals surface area contributed by atoms with Gasteiger partial charge in [-0.05, 0) is 57.2 Å². The Balaban J connectivity index is 1.66. The Morgan fingerprint density at radius 1 is 1.22 bits per heavy atom. The molecular weight excluding hydrogens is 542 g/mol.